The number of hydrogen-bond acceptors (Lipinski definition) is 4. The fourth-order valence-electron chi connectivity index (χ4n) is 3.23. The summed E-state index contributed by atoms with van der Waals surface area (Å²) in [6.07, 6.45) is 2.25. The zero-order valence-corrected chi connectivity index (χ0v) is 16.8. The third kappa shape index (κ3) is 4.39. The summed E-state index contributed by atoms with van der Waals surface area (Å²) in [6, 6.07) is 20.5. The van der Waals surface area contributed by atoms with Crippen molar-refractivity contribution in [3.8, 4) is 0 Å². The molecule has 0 aliphatic rings. The van der Waals surface area contributed by atoms with E-state index in [2.05, 4.69) is 15.3 Å². The Kier molecular flexibility index (Phi) is 5.86. The molecule has 2 aromatic carbocycles. The van der Waals surface area contributed by atoms with Crippen molar-refractivity contribution >= 4 is 28.7 Å². The van der Waals surface area contributed by atoms with Crippen molar-refractivity contribution in [2.75, 3.05) is 0 Å². The van der Waals surface area contributed by atoms with Crippen molar-refractivity contribution in [3.63, 3.8) is 0 Å². The molecule has 150 valence electrons. The number of carbonyl (C=O) groups excluding carboxylic acids is 1. The maximum atomic E-state index is 13.1. The Morgan fingerprint density at radius 1 is 1.00 bits per heavy atom. The van der Waals surface area contributed by atoms with Crippen LogP contribution < -0.4 is 10.9 Å². The number of amides is 1. The summed E-state index contributed by atoms with van der Waals surface area (Å²) in [5, 5.41) is 3.34. The maximum absolute atomic E-state index is 13.1. The third-order valence-electron chi connectivity index (χ3n) is 4.73. The topological polar surface area (TPSA) is 76.9 Å². The van der Waals surface area contributed by atoms with Crippen LogP contribution in [-0.2, 0) is 19.5 Å². The van der Waals surface area contributed by atoms with Gasteiger partial charge in [0, 0.05) is 24.3 Å². The minimum atomic E-state index is -0.529. The van der Waals surface area contributed by atoms with Crippen molar-refractivity contribution in [1.29, 1.82) is 0 Å². The number of hydrogen-bond donors (Lipinski definition) is 1. The van der Waals surface area contributed by atoms with E-state index in [0.717, 1.165) is 11.1 Å². The molecular weight excluding hydrogens is 400 g/mol. The Bertz CT molecular complexity index is 1260. The predicted octanol–water partition coefficient (Wildman–Crippen LogP) is 3.62. The van der Waals surface area contributed by atoms with Crippen LogP contribution in [0, 0.1) is 0 Å². The van der Waals surface area contributed by atoms with E-state index < -0.39 is 11.5 Å². The molecule has 0 aliphatic carbocycles. The number of aromatic nitrogens is 3. The number of nitrogens with one attached hydrogen (secondary N) is 1. The second kappa shape index (κ2) is 8.88. The SMILES string of the molecule is O=C(NCc1cccc(Cl)c1)c1nc2cccnc2n(CCc2ccccc2)c1=O. The summed E-state index contributed by atoms with van der Waals surface area (Å²) in [6.45, 7) is 0.642. The first kappa shape index (κ1) is 19.8. The predicted molar refractivity (Wildman–Crippen MR) is 117 cm³/mol. The lowest BCUT2D eigenvalue weighted by molar-refractivity contribution is 0.0944. The number of fused-ring (bicyclic) bond motifs is 1. The van der Waals surface area contributed by atoms with Gasteiger partial charge in [-0.2, -0.15) is 0 Å². The quantitative estimate of drug-likeness (QED) is 0.519. The summed E-state index contributed by atoms with van der Waals surface area (Å²) in [4.78, 5) is 34.4. The van der Waals surface area contributed by atoms with Crippen LogP contribution in [0.2, 0.25) is 5.02 Å². The van der Waals surface area contributed by atoms with Crippen LogP contribution in [-0.4, -0.2) is 20.4 Å². The minimum Gasteiger partial charge on any atom is -0.346 e. The lowest BCUT2D eigenvalue weighted by atomic mass is 10.1. The van der Waals surface area contributed by atoms with Crippen molar-refractivity contribution in [2.45, 2.75) is 19.5 Å². The molecule has 4 aromatic rings. The van der Waals surface area contributed by atoms with E-state index >= 15 is 0 Å². The third-order valence-corrected chi connectivity index (χ3v) is 4.96. The average molecular weight is 419 g/mol. The summed E-state index contributed by atoms with van der Waals surface area (Å²) >= 11 is 5.99. The summed E-state index contributed by atoms with van der Waals surface area (Å²) < 4.78 is 1.52. The first-order valence-corrected chi connectivity index (χ1v) is 9.92. The van der Waals surface area contributed by atoms with Gasteiger partial charge in [0.15, 0.2) is 11.3 Å². The Morgan fingerprint density at radius 3 is 2.60 bits per heavy atom. The van der Waals surface area contributed by atoms with Crippen LogP contribution in [0.5, 0.6) is 0 Å². The first-order valence-electron chi connectivity index (χ1n) is 9.54. The molecule has 0 fully saturated rings. The van der Waals surface area contributed by atoms with E-state index in [1.54, 1.807) is 36.5 Å². The number of nitrogens with zero attached hydrogens (tertiary/aromatic N) is 3. The van der Waals surface area contributed by atoms with Gasteiger partial charge in [-0.25, -0.2) is 9.97 Å². The summed E-state index contributed by atoms with van der Waals surface area (Å²) in [7, 11) is 0. The van der Waals surface area contributed by atoms with Gasteiger partial charge in [0.05, 0.1) is 0 Å². The highest BCUT2D eigenvalue weighted by Gasteiger charge is 2.18. The monoisotopic (exact) mass is 418 g/mol. The zero-order chi connectivity index (χ0) is 20.9. The normalized spacial score (nSPS) is 10.8. The van der Waals surface area contributed by atoms with Gasteiger partial charge < -0.3 is 5.32 Å². The fourth-order valence-corrected chi connectivity index (χ4v) is 3.44. The van der Waals surface area contributed by atoms with E-state index in [9.17, 15) is 9.59 Å². The summed E-state index contributed by atoms with van der Waals surface area (Å²) in [5.74, 6) is -0.529. The van der Waals surface area contributed by atoms with E-state index in [1.807, 2.05) is 36.4 Å². The molecule has 1 amide bonds. The molecule has 0 radical (unpaired) electrons. The molecular formula is C23H19ClN4O2. The van der Waals surface area contributed by atoms with Gasteiger partial charge in [-0.3, -0.25) is 14.2 Å². The highest BCUT2D eigenvalue weighted by atomic mass is 35.5. The van der Waals surface area contributed by atoms with E-state index in [4.69, 9.17) is 11.6 Å². The van der Waals surface area contributed by atoms with Crippen molar-refractivity contribution in [2.24, 2.45) is 0 Å². The fraction of sp³-hybridized carbons (Fsp3) is 0.130. The Balaban J connectivity index is 1.63. The maximum Gasteiger partial charge on any atom is 0.283 e. The van der Waals surface area contributed by atoms with Crippen LogP contribution in [0.15, 0.2) is 77.7 Å². The van der Waals surface area contributed by atoms with Crippen molar-refractivity contribution in [3.05, 3.63) is 105 Å². The van der Waals surface area contributed by atoms with E-state index in [-0.39, 0.29) is 12.2 Å². The van der Waals surface area contributed by atoms with Crippen LogP contribution in [0.3, 0.4) is 0 Å². The van der Waals surface area contributed by atoms with Crippen LogP contribution >= 0.6 is 11.6 Å². The van der Waals surface area contributed by atoms with Crippen LogP contribution in [0.1, 0.15) is 21.6 Å². The molecule has 30 heavy (non-hydrogen) atoms. The largest absolute Gasteiger partial charge is 0.346 e. The standard InChI is InChI=1S/C23H19ClN4O2/c24-18-9-4-8-17(14-18)15-26-22(29)20-23(30)28(13-11-16-6-2-1-3-7-16)21-19(27-20)10-5-12-25-21/h1-10,12,14H,11,13,15H2,(H,26,29). The number of aryl methyl sites for hydroxylation is 2. The molecule has 7 heteroatoms. The number of benzene rings is 2. The van der Waals surface area contributed by atoms with Gasteiger partial charge >= 0.3 is 0 Å². The molecule has 1 N–H and O–H groups in total. The molecule has 2 heterocycles. The molecule has 6 nitrogen and oxygen atoms in total. The molecule has 4 rings (SSSR count). The Morgan fingerprint density at radius 2 is 1.80 bits per heavy atom. The van der Waals surface area contributed by atoms with Crippen LogP contribution in [0.25, 0.3) is 11.2 Å². The Labute approximate surface area is 178 Å². The number of pyridine rings is 1. The molecule has 0 atom stereocenters. The van der Waals surface area contributed by atoms with E-state index in [1.165, 1.54) is 4.57 Å². The van der Waals surface area contributed by atoms with Gasteiger partial charge in [0.1, 0.15) is 5.52 Å². The number of carbonyl (C=O) groups is 1. The van der Waals surface area contributed by atoms with Crippen molar-refractivity contribution in [1.82, 2.24) is 19.9 Å². The lowest BCUT2D eigenvalue weighted by Gasteiger charge is -2.12. The Hall–Kier alpha value is -3.51. The minimum absolute atomic E-state index is 0.148. The molecule has 0 spiro atoms. The first-order chi connectivity index (χ1) is 14.6. The van der Waals surface area contributed by atoms with Gasteiger partial charge in [0.2, 0.25) is 0 Å². The molecule has 0 unspecified atom stereocenters. The van der Waals surface area contributed by atoms with Crippen molar-refractivity contribution < 1.29 is 4.79 Å². The van der Waals surface area contributed by atoms with Gasteiger partial charge in [-0.15, -0.1) is 0 Å². The average Bonchev–Trinajstić information content (AvgIpc) is 2.77. The lowest BCUT2D eigenvalue weighted by Crippen LogP contribution is -2.35. The molecule has 0 bridgehead atoms. The zero-order valence-electron chi connectivity index (χ0n) is 16.1. The highest BCUT2D eigenvalue weighted by molar-refractivity contribution is 6.30. The molecule has 0 saturated heterocycles. The second-order valence-electron chi connectivity index (χ2n) is 6.81. The number of halogens is 1. The highest BCUT2D eigenvalue weighted by Crippen LogP contribution is 2.11. The smallest absolute Gasteiger partial charge is 0.283 e. The van der Waals surface area contributed by atoms with Gasteiger partial charge in [0.25, 0.3) is 11.5 Å². The molecule has 0 saturated carbocycles. The number of rotatable bonds is 6. The molecule has 2 aromatic heterocycles. The van der Waals surface area contributed by atoms with Gasteiger partial charge in [-0.05, 0) is 41.8 Å². The van der Waals surface area contributed by atoms with Crippen LogP contribution in [0.4, 0.5) is 0 Å². The summed E-state index contributed by atoms with van der Waals surface area (Å²) in [5.41, 5.74) is 2.29. The molecule has 0 aliphatic heterocycles. The second-order valence-corrected chi connectivity index (χ2v) is 7.25. The van der Waals surface area contributed by atoms with Gasteiger partial charge in [-0.1, -0.05) is 54.1 Å². The van der Waals surface area contributed by atoms with E-state index in [0.29, 0.717) is 29.2 Å².